The van der Waals surface area contributed by atoms with Gasteiger partial charge in [0.25, 0.3) is 10.1 Å². The summed E-state index contributed by atoms with van der Waals surface area (Å²) in [7, 11) is -3.87. The molecule has 1 saturated carbocycles. The lowest BCUT2D eigenvalue weighted by atomic mass is 9.73. The smallest absolute Gasteiger partial charge is 0.264 e. The zero-order chi connectivity index (χ0) is 16.8. The van der Waals surface area contributed by atoms with Crippen LogP contribution in [0, 0.1) is 17.3 Å². The molecule has 1 aliphatic rings. The second kappa shape index (κ2) is 8.69. The first-order valence-corrected chi connectivity index (χ1v) is 10.8. The fourth-order valence-corrected chi connectivity index (χ4v) is 5.15. The van der Waals surface area contributed by atoms with E-state index in [4.69, 9.17) is 4.55 Å². The lowest BCUT2D eigenvalue weighted by Gasteiger charge is -2.34. The van der Waals surface area contributed by atoms with E-state index < -0.39 is 10.1 Å². The van der Waals surface area contributed by atoms with E-state index >= 15 is 0 Å². The molecule has 0 saturated heterocycles. The Labute approximate surface area is 139 Å². The van der Waals surface area contributed by atoms with Gasteiger partial charge < -0.3 is 0 Å². The van der Waals surface area contributed by atoms with Crippen molar-refractivity contribution in [1.29, 1.82) is 0 Å². The van der Waals surface area contributed by atoms with E-state index in [0.29, 0.717) is 24.5 Å². The molecule has 0 aromatic carbocycles. The van der Waals surface area contributed by atoms with E-state index in [2.05, 4.69) is 20.8 Å². The third kappa shape index (κ3) is 7.47. The average Bonchev–Trinajstić information content (AvgIpc) is 2.34. The standard InChI is InChI=1S/C16H30O4S2/c1-13-7-6-8-16(3,12-14(2)11-13)15(17)21-9-4-5-10-22(18,19)20/h13-14H,4-12H2,1-3H3,(H,18,19,20)/t13?,14-,16?/m0/s1. The number of carbonyl (C=O) groups excluding carboxylic acids is 1. The summed E-state index contributed by atoms with van der Waals surface area (Å²) in [6.45, 7) is 6.63. The first-order chi connectivity index (χ1) is 10.1. The van der Waals surface area contributed by atoms with Crippen molar-refractivity contribution in [3.63, 3.8) is 0 Å². The molecule has 22 heavy (non-hydrogen) atoms. The number of thioether (sulfide) groups is 1. The summed E-state index contributed by atoms with van der Waals surface area (Å²) < 4.78 is 30.0. The van der Waals surface area contributed by atoms with E-state index in [1.165, 1.54) is 24.6 Å². The Morgan fingerprint density at radius 3 is 2.59 bits per heavy atom. The second-order valence-electron chi connectivity index (χ2n) is 7.23. The molecule has 0 spiro atoms. The Hall–Kier alpha value is -0.0700. The molecule has 4 nitrogen and oxygen atoms in total. The van der Waals surface area contributed by atoms with Gasteiger partial charge in [-0.2, -0.15) is 8.42 Å². The Bertz CT molecular complexity index is 461. The van der Waals surface area contributed by atoms with Gasteiger partial charge in [0.2, 0.25) is 0 Å². The summed E-state index contributed by atoms with van der Waals surface area (Å²) in [5, 5.41) is 0.251. The fourth-order valence-electron chi connectivity index (χ4n) is 3.51. The zero-order valence-electron chi connectivity index (χ0n) is 14.0. The summed E-state index contributed by atoms with van der Waals surface area (Å²) in [4.78, 5) is 12.6. The minimum absolute atomic E-state index is 0.214. The normalized spacial score (nSPS) is 30.5. The van der Waals surface area contributed by atoms with E-state index in [1.807, 2.05) is 0 Å². The van der Waals surface area contributed by atoms with Crippen LogP contribution in [0.4, 0.5) is 0 Å². The van der Waals surface area contributed by atoms with Crippen LogP contribution in [0.5, 0.6) is 0 Å². The molecule has 6 heteroatoms. The van der Waals surface area contributed by atoms with Crippen LogP contribution in [0.25, 0.3) is 0 Å². The molecule has 0 bridgehead atoms. The van der Waals surface area contributed by atoms with Crippen LogP contribution < -0.4 is 0 Å². The minimum atomic E-state index is -3.87. The van der Waals surface area contributed by atoms with Gasteiger partial charge in [-0.1, -0.05) is 45.4 Å². The van der Waals surface area contributed by atoms with Crippen molar-refractivity contribution < 1.29 is 17.8 Å². The zero-order valence-corrected chi connectivity index (χ0v) is 15.6. The molecule has 0 aromatic heterocycles. The van der Waals surface area contributed by atoms with Crippen LogP contribution in [0.3, 0.4) is 0 Å². The van der Waals surface area contributed by atoms with E-state index in [1.54, 1.807) is 0 Å². The predicted octanol–water partition coefficient (Wildman–Crippen LogP) is 4.16. The maximum atomic E-state index is 12.6. The van der Waals surface area contributed by atoms with Gasteiger partial charge >= 0.3 is 0 Å². The summed E-state index contributed by atoms with van der Waals surface area (Å²) in [6, 6.07) is 0. The van der Waals surface area contributed by atoms with Crippen molar-refractivity contribution in [3.05, 3.63) is 0 Å². The van der Waals surface area contributed by atoms with Crippen LogP contribution in [-0.2, 0) is 14.9 Å². The maximum absolute atomic E-state index is 12.6. The third-order valence-electron chi connectivity index (χ3n) is 4.55. The van der Waals surface area contributed by atoms with Crippen molar-refractivity contribution in [2.75, 3.05) is 11.5 Å². The predicted molar refractivity (Wildman–Crippen MR) is 92.6 cm³/mol. The van der Waals surface area contributed by atoms with Gasteiger partial charge in [0.15, 0.2) is 5.12 Å². The lowest BCUT2D eigenvalue weighted by molar-refractivity contribution is -0.120. The quantitative estimate of drug-likeness (QED) is 0.575. The molecule has 0 heterocycles. The summed E-state index contributed by atoms with van der Waals surface area (Å²) in [5.41, 5.74) is -0.243. The summed E-state index contributed by atoms with van der Waals surface area (Å²) >= 11 is 1.34. The van der Waals surface area contributed by atoms with Crippen molar-refractivity contribution in [1.82, 2.24) is 0 Å². The highest BCUT2D eigenvalue weighted by Crippen LogP contribution is 2.41. The van der Waals surface area contributed by atoms with Gasteiger partial charge in [0.05, 0.1) is 5.75 Å². The monoisotopic (exact) mass is 350 g/mol. The number of unbranched alkanes of at least 4 members (excludes halogenated alkanes) is 1. The molecule has 1 fully saturated rings. The van der Waals surface area contributed by atoms with Gasteiger partial charge in [-0.05, 0) is 43.9 Å². The van der Waals surface area contributed by atoms with E-state index in [-0.39, 0.29) is 16.3 Å². The molecule has 2 unspecified atom stereocenters. The molecule has 1 rings (SSSR count). The second-order valence-corrected chi connectivity index (χ2v) is 9.87. The Kier molecular flexibility index (Phi) is 7.89. The molecule has 0 radical (unpaired) electrons. The number of rotatable bonds is 6. The van der Waals surface area contributed by atoms with Crippen LogP contribution in [0.2, 0.25) is 0 Å². The molecule has 0 aliphatic heterocycles. The largest absolute Gasteiger partial charge is 0.287 e. The van der Waals surface area contributed by atoms with Crippen LogP contribution >= 0.6 is 11.8 Å². The summed E-state index contributed by atoms with van der Waals surface area (Å²) in [5.74, 6) is 1.75. The van der Waals surface area contributed by atoms with E-state index in [9.17, 15) is 13.2 Å². The minimum Gasteiger partial charge on any atom is -0.287 e. The van der Waals surface area contributed by atoms with Crippen molar-refractivity contribution in [2.45, 2.75) is 65.7 Å². The molecule has 0 amide bonds. The van der Waals surface area contributed by atoms with E-state index in [0.717, 1.165) is 25.2 Å². The molecule has 0 aromatic rings. The van der Waals surface area contributed by atoms with Gasteiger partial charge in [0, 0.05) is 11.2 Å². The van der Waals surface area contributed by atoms with Gasteiger partial charge in [-0.25, -0.2) is 0 Å². The van der Waals surface area contributed by atoms with Crippen molar-refractivity contribution >= 4 is 27.0 Å². The molecule has 1 N–H and O–H groups in total. The van der Waals surface area contributed by atoms with Crippen LogP contribution in [-0.4, -0.2) is 29.6 Å². The van der Waals surface area contributed by atoms with Crippen molar-refractivity contribution in [3.8, 4) is 0 Å². The third-order valence-corrected chi connectivity index (χ3v) is 6.60. The number of hydrogen-bond donors (Lipinski definition) is 1. The molecular weight excluding hydrogens is 320 g/mol. The summed E-state index contributed by atoms with van der Waals surface area (Å²) in [6.07, 6.45) is 6.46. The Morgan fingerprint density at radius 1 is 1.27 bits per heavy atom. The topological polar surface area (TPSA) is 71.4 Å². The number of carbonyl (C=O) groups is 1. The maximum Gasteiger partial charge on any atom is 0.264 e. The highest BCUT2D eigenvalue weighted by atomic mass is 32.2. The Morgan fingerprint density at radius 2 is 1.95 bits per heavy atom. The highest BCUT2D eigenvalue weighted by molar-refractivity contribution is 8.13. The number of hydrogen-bond acceptors (Lipinski definition) is 4. The van der Waals surface area contributed by atoms with Crippen molar-refractivity contribution in [2.24, 2.45) is 17.3 Å². The van der Waals surface area contributed by atoms with Gasteiger partial charge in [-0.15, -0.1) is 0 Å². The fraction of sp³-hybridized carbons (Fsp3) is 0.938. The molecule has 3 atom stereocenters. The first-order valence-electron chi connectivity index (χ1n) is 8.25. The van der Waals surface area contributed by atoms with Gasteiger partial charge in [0.1, 0.15) is 0 Å². The molecule has 130 valence electrons. The van der Waals surface area contributed by atoms with Crippen LogP contribution in [0.15, 0.2) is 0 Å². The average molecular weight is 351 g/mol. The Balaban J connectivity index is 2.41. The molecular formula is C16H30O4S2. The van der Waals surface area contributed by atoms with Gasteiger partial charge in [-0.3, -0.25) is 9.35 Å². The SMILES string of the molecule is CC1CCCC(C)(C(=O)SCCCCS(=O)(=O)O)C[C@@H](C)C1. The van der Waals surface area contributed by atoms with Crippen LogP contribution in [0.1, 0.15) is 65.7 Å². The first kappa shape index (κ1) is 20.0. The lowest BCUT2D eigenvalue weighted by Crippen LogP contribution is -2.30. The molecule has 1 aliphatic carbocycles. The highest BCUT2D eigenvalue weighted by Gasteiger charge is 2.35.